The number of nitrogens with zero attached hydrogens (tertiary/aromatic N) is 1. The van der Waals surface area contributed by atoms with Gasteiger partial charge in [0.1, 0.15) is 12.3 Å². The minimum absolute atomic E-state index is 0.245. The van der Waals surface area contributed by atoms with Gasteiger partial charge in [-0.15, -0.1) is 0 Å². The van der Waals surface area contributed by atoms with Gasteiger partial charge in [0.15, 0.2) is 11.9 Å². The maximum Gasteiger partial charge on any atom is 0.326 e. The summed E-state index contributed by atoms with van der Waals surface area (Å²) >= 11 is 0. The Morgan fingerprint density at radius 2 is 1.78 bits per heavy atom. The fourth-order valence-electron chi connectivity index (χ4n) is 2.51. The molecular weight excluding hydrogens is 350 g/mol. The molecule has 0 bridgehead atoms. The van der Waals surface area contributed by atoms with Crippen molar-refractivity contribution in [3.8, 4) is 0 Å². The predicted molar refractivity (Wildman–Crippen MR) is 98.3 cm³/mol. The van der Waals surface area contributed by atoms with Crippen LogP contribution in [0.5, 0.6) is 0 Å². The minimum Gasteiger partial charge on any atom is -0.451 e. The number of hydrogen-bond donors (Lipinski definition) is 2. The molecule has 0 aliphatic rings. The van der Waals surface area contributed by atoms with Crippen molar-refractivity contribution in [3.05, 3.63) is 46.7 Å². The fraction of sp³-hybridized carbons (Fsp3) is 0.368. The van der Waals surface area contributed by atoms with E-state index < -0.39 is 18.0 Å². The topological polar surface area (TPSA) is 111 Å². The highest BCUT2D eigenvalue weighted by Gasteiger charge is 2.22. The Hall–Kier alpha value is -3.16. The van der Waals surface area contributed by atoms with Gasteiger partial charge < -0.3 is 19.9 Å². The number of ether oxygens (including phenoxy) is 1. The van der Waals surface area contributed by atoms with Crippen molar-refractivity contribution in [3.63, 3.8) is 0 Å². The first-order valence-electron chi connectivity index (χ1n) is 8.58. The van der Waals surface area contributed by atoms with Gasteiger partial charge in [-0.2, -0.15) is 0 Å². The summed E-state index contributed by atoms with van der Waals surface area (Å²) in [7, 11) is 0. The summed E-state index contributed by atoms with van der Waals surface area (Å²) in [6.07, 6.45) is -0.716. The summed E-state index contributed by atoms with van der Waals surface area (Å²) in [5.74, 6) is -0.806. The third kappa shape index (κ3) is 5.95. The van der Waals surface area contributed by atoms with Crippen LogP contribution in [0.15, 0.2) is 28.8 Å². The molecule has 8 heteroatoms. The Kier molecular flexibility index (Phi) is 6.70. The zero-order chi connectivity index (χ0) is 20.0. The lowest BCUT2D eigenvalue weighted by atomic mass is 10.1. The highest BCUT2D eigenvalue weighted by Crippen LogP contribution is 2.10. The first kappa shape index (κ1) is 20.2. The van der Waals surface area contributed by atoms with Crippen LogP contribution in [-0.2, 0) is 14.3 Å². The number of esters is 1. The predicted octanol–water partition coefficient (Wildman–Crippen LogP) is 2.29. The molecule has 1 heterocycles. The minimum atomic E-state index is -0.993. The maximum absolute atomic E-state index is 12.2. The Morgan fingerprint density at radius 1 is 1.11 bits per heavy atom. The molecule has 2 rings (SSSR count). The highest BCUT2D eigenvalue weighted by molar-refractivity contribution is 5.97. The number of rotatable bonds is 7. The number of carbonyl (C=O) groups is 3. The highest BCUT2D eigenvalue weighted by atomic mass is 16.5. The normalized spacial score (nSPS) is 11.6. The van der Waals surface area contributed by atoms with Crippen molar-refractivity contribution < 1.29 is 23.6 Å². The molecule has 1 aromatic heterocycles. The van der Waals surface area contributed by atoms with Gasteiger partial charge in [0, 0.05) is 11.6 Å². The lowest BCUT2D eigenvalue weighted by molar-refractivity contribution is -0.153. The van der Waals surface area contributed by atoms with Crippen molar-refractivity contribution in [2.75, 3.05) is 11.9 Å². The van der Waals surface area contributed by atoms with E-state index in [1.165, 1.54) is 0 Å². The summed E-state index contributed by atoms with van der Waals surface area (Å²) in [5, 5.41) is 8.67. The SMILES string of the molecule is CCC(OC(=O)CNC(=O)c1cc(C)cc(C)c1)C(=O)Nc1cc(C)on1. The zero-order valence-corrected chi connectivity index (χ0v) is 15.8. The van der Waals surface area contributed by atoms with Crippen LogP contribution >= 0.6 is 0 Å². The summed E-state index contributed by atoms with van der Waals surface area (Å²) < 4.78 is 10.0. The van der Waals surface area contributed by atoms with Gasteiger partial charge in [-0.1, -0.05) is 29.3 Å². The number of carbonyl (C=O) groups excluding carboxylic acids is 3. The van der Waals surface area contributed by atoms with Gasteiger partial charge in [0.05, 0.1) is 0 Å². The molecule has 0 saturated heterocycles. The van der Waals surface area contributed by atoms with Crippen molar-refractivity contribution in [1.29, 1.82) is 0 Å². The van der Waals surface area contributed by atoms with E-state index in [1.807, 2.05) is 19.9 Å². The van der Waals surface area contributed by atoms with Crippen LogP contribution < -0.4 is 10.6 Å². The molecule has 27 heavy (non-hydrogen) atoms. The molecule has 1 aromatic carbocycles. The lowest BCUT2D eigenvalue weighted by Gasteiger charge is -2.15. The molecule has 2 aromatic rings. The third-order valence-corrected chi connectivity index (χ3v) is 3.69. The molecule has 0 aliphatic heterocycles. The van der Waals surface area contributed by atoms with Crippen LogP contribution in [0.2, 0.25) is 0 Å². The fourth-order valence-corrected chi connectivity index (χ4v) is 2.51. The van der Waals surface area contributed by atoms with Crippen molar-refractivity contribution >= 4 is 23.6 Å². The Labute approximate surface area is 157 Å². The Bertz CT molecular complexity index is 823. The number of anilines is 1. The second-order valence-corrected chi connectivity index (χ2v) is 6.26. The summed E-state index contributed by atoms with van der Waals surface area (Å²) in [4.78, 5) is 36.3. The zero-order valence-electron chi connectivity index (χ0n) is 15.8. The van der Waals surface area contributed by atoms with Crippen molar-refractivity contribution in [2.24, 2.45) is 0 Å². The van der Waals surface area contributed by atoms with Crippen LogP contribution in [0, 0.1) is 20.8 Å². The average Bonchev–Trinajstić information content (AvgIpc) is 3.01. The largest absolute Gasteiger partial charge is 0.451 e. The number of aromatic nitrogens is 1. The van der Waals surface area contributed by atoms with Crippen LogP contribution in [-0.4, -0.2) is 35.6 Å². The van der Waals surface area contributed by atoms with Gasteiger partial charge >= 0.3 is 5.97 Å². The molecule has 2 amide bonds. The van der Waals surface area contributed by atoms with Crippen molar-refractivity contribution in [1.82, 2.24) is 10.5 Å². The number of nitrogens with one attached hydrogen (secondary N) is 2. The number of hydrogen-bond acceptors (Lipinski definition) is 6. The Morgan fingerprint density at radius 3 is 2.33 bits per heavy atom. The average molecular weight is 373 g/mol. The van der Waals surface area contributed by atoms with Crippen LogP contribution in [0.3, 0.4) is 0 Å². The molecule has 8 nitrogen and oxygen atoms in total. The van der Waals surface area contributed by atoms with Crippen molar-refractivity contribution in [2.45, 2.75) is 40.2 Å². The van der Waals surface area contributed by atoms with Gasteiger partial charge in [0.2, 0.25) is 0 Å². The van der Waals surface area contributed by atoms with Crippen LogP contribution in [0.25, 0.3) is 0 Å². The van der Waals surface area contributed by atoms with Gasteiger partial charge in [-0.3, -0.25) is 14.4 Å². The molecule has 1 atom stereocenters. The molecule has 1 unspecified atom stereocenters. The van der Waals surface area contributed by atoms with Gasteiger partial charge in [-0.25, -0.2) is 0 Å². The number of benzene rings is 1. The quantitative estimate of drug-likeness (QED) is 0.721. The summed E-state index contributed by atoms with van der Waals surface area (Å²) in [6, 6.07) is 6.97. The van der Waals surface area contributed by atoms with E-state index in [-0.39, 0.29) is 24.7 Å². The molecule has 0 saturated carbocycles. The first-order valence-corrected chi connectivity index (χ1v) is 8.58. The third-order valence-electron chi connectivity index (χ3n) is 3.69. The van der Waals surface area contributed by atoms with E-state index in [1.54, 1.807) is 32.0 Å². The van der Waals surface area contributed by atoms with E-state index >= 15 is 0 Å². The van der Waals surface area contributed by atoms with E-state index in [0.717, 1.165) is 11.1 Å². The molecular formula is C19H23N3O5. The smallest absolute Gasteiger partial charge is 0.326 e. The van der Waals surface area contributed by atoms with Gasteiger partial charge in [0.25, 0.3) is 11.8 Å². The van der Waals surface area contributed by atoms with E-state index in [2.05, 4.69) is 15.8 Å². The molecule has 0 spiro atoms. The molecule has 0 aliphatic carbocycles. The van der Waals surface area contributed by atoms with Gasteiger partial charge in [-0.05, 0) is 39.3 Å². The van der Waals surface area contributed by atoms with E-state index in [4.69, 9.17) is 9.26 Å². The van der Waals surface area contributed by atoms with E-state index in [0.29, 0.717) is 11.3 Å². The number of amides is 2. The standard InChI is InChI=1S/C19H23N3O5/c1-5-15(19(25)21-16-9-13(4)27-22-16)26-17(23)10-20-18(24)14-7-11(2)6-12(3)8-14/h6-9,15H,5,10H2,1-4H3,(H,20,24)(H,21,22,25). The first-order chi connectivity index (χ1) is 12.8. The lowest BCUT2D eigenvalue weighted by Crippen LogP contribution is -2.37. The Balaban J connectivity index is 1.87. The summed E-state index contributed by atoms with van der Waals surface area (Å²) in [5.41, 5.74) is 2.37. The molecule has 144 valence electrons. The molecule has 0 radical (unpaired) electrons. The van der Waals surface area contributed by atoms with Crippen LogP contribution in [0.1, 0.15) is 40.6 Å². The molecule has 0 fully saturated rings. The summed E-state index contributed by atoms with van der Waals surface area (Å²) in [6.45, 7) is 6.84. The monoisotopic (exact) mass is 373 g/mol. The number of aryl methyl sites for hydroxylation is 3. The second-order valence-electron chi connectivity index (χ2n) is 6.26. The second kappa shape index (κ2) is 8.98. The maximum atomic E-state index is 12.2. The van der Waals surface area contributed by atoms with Crippen LogP contribution in [0.4, 0.5) is 5.82 Å². The van der Waals surface area contributed by atoms with E-state index in [9.17, 15) is 14.4 Å². The molecule has 2 N–H and O–H groups in total.